The summed E-state index contributed by atoms with van der Waals surface area (Å²) in [4.78, 5) is 18.9. The number of rotatable bonds is 8. The zero-order valence-corrected chi connectivity index (χ0v) is 18.1. The van der Waals surface area contributed by atoms with Gasteiger partial charge < -0.3 is 19.7 Å². The van der Waals surface area contributed by atoms with Gasteiger partial charge in [0.15, 0.2) is 18.1 Å². The molecule has 0 bridgehead atoms. The van der Waals surface area contributed by atoms with Crippen LogP contribution in [0.25, 0.3) is 10.8 Å². The van der Waals surface area contributed by atoms with Crippen LogP contribution in [0.5, 0.6) is 11.5 Å². The monoisotopic (exact) mass is 417 g/mol. The van der Waals surface area contributed by atoms with E-state index in [2.05, 4.69) is 23.5 Å². The number of aliphatic imine (C=N–C) groups is 1. The molecule has 3 aromatic rings. The molecule has 3 aromatic carbocycles. The number of carbonyl (C=O) groups excluding carboxylic acids is 1. The van der Waals surface area contributed by atoms with Gasteiger partial charge in [0.05, 0.1) is 12.3 Å². The van der Waals surface area contributed by atoms with Crippen LogP contribution in [0.1, 0.15) is 26.3 Å². The van der Waals surface area contributed by atoms with E-state index < -0.39 is 0 Å². The average Bonchev–Trinajstić information content (AvgIpc) is 2.79. The summed E-state index contributed by atoms with van der Waals surface area (Å²) in [5, 5.41) is 5.71. The molecule has 0 unspecified atom stereocenters. The number of nitrogens with one attached hydrogen (secondary N) is 1. The molecule has 0 aromatic heterocycles. The van der Waals surface area contributed by atoms with Crippen molar-refractivity contribution in [2.45, 2.75) is 20.8 Å². The number of amidine groups is 1. The fourth-order valence-electron chi connectivity index (χ4n) is 3.78. The fraction of sp³-hybridized carbons (Fsp3) is 0.280. The topological polar surface area (TPSA) is 63.2 Å². The van der Waals surface area contributed by atoms with Crippen molar-refractivity contribution in [3.63, 3.8) is 0 Å². The predicted octanol–water partition coefficient (Wildman–Crippen LogP) is 4.99. The summed E-state index contributed by atoms with van der Waals surface area (Å²) < 4.78 is 11.6. The summed E-state index contributed by atoms with van der Waals surface area (Å²) in [5.41, 5.74) is 2.85. The Balaban J connectivity index is 1.61. The molecule has 0 atom stereocenters. The minimum Gasteiger partial charge on any atom is -0.490 e. The standard InChI is InChI=1S/C25H27N3O3/c1-4-28(5-2)23(29)16-31-21-14-13-18(15-22(21)30-6-3)25-26-19-11-7-9-17-10-8-12-20(27-25)24(17)19/h7-15H,4-6,16H2,1-3H3,(H,26,27). The first-order chi connectivity index (χ1) is 15.1. The van der Waals surface area contributed by atoms with Crippen molar-refractivity contribution in [1.29, 1.82) is 0 Å². The lowest BCUT2D eigenvalue weighted by molar-refractivity contribution is -0.132. The molecule has 0 aliphatic carbocycles. The van der Waals surface area contributed by atoms with Crippen molar-refractivity contribution in [3.05, 3.63) is 60.2 Å². The second kappa shape index (κ2) is 9.08. The van der Waals surface area contributed by atoms with Crippen LogP contribution < -0.4 is 14.8 Å². The smallest absolute Gasteiger partial charge is 0.260 e. The van der Waals surface area contributed by atoms with Crippen molar-refractivity contribution in [1.82, 2.24) is 4.90 Å². The van der Waals surface area contributed by atoms with Gasteiger partial charge in [-0.2, -0.15) is 0 Å². The Hall–Kier alpha value is -3.54. The lowest BCUT2D eigenvalue weighted by Gasteiger charge is -2.21. The summed E-state index contributed by atoms with van der Waals surface area (Å²) in [6.07, 6.45) is 0. The van der Waals surface area contributed by atoms with Gasteiger partial charge in [-0.05, 0) is 56.5 Å². The van der Waals surface area contributed by atoms with Crippen molar-refractivity contribution in [2.24, 2.45) is 4.99 Å². The third-order valence-corrected chi connectivity index (χ3v) is 5.35. The minimum absolute atomic E-state index is 0.0182. The number of nitrogens with zero attached hydrogens (tertiary/aromatic N) is 2. The van der Waals surface area contributed by atoms with Crippen molar-refractivity contribution in [2.75, 3.05) is 31.6 Å². The van der Waals surface area contributed by atoms with Crippen LogP contribution in [0.4, 0.5) is 11.4 Å². The molecule has 160 valence electrons. The molecule has 6 nitrogen and oxygen atoms in total. The van der Waals surface area contributed by atoms with Gasteiger partial charge in [0.2, 0.25) is 0 Å². The molecular weight excluding hydrogens is 390 g/mol. The maximum absolute atomic E-state index is 12.3. The molecule has 0 radical (unpaired) electrons. The minimum atomic E-state index is -0.0421. The molecule has 4 rings (SSSR count). The fourth-order valence-corrected chi connectivity index (χ4v) is 3.78. The first-order valence-electron chi connectivity index (χ1n) is 10.7. The normalized spacial score (nSPS) is 12.2. The number of likely N-dealkylation sites (N-methyl/N-ethyl adjacent to an activating group) is 1. The molecule has 1 aliphatic heterocycles. The van der Waals surface area contributed by atoms with Gasteiger partial charge in [0.1, 0.15) is 5.84 Å². The Kier molecular flexibility index (Phi) is 6.07. The lowest BCUT2D eigenvalue weighted by atomic mass is 10.0. The van der Waals surface area contributed by atoms with Crippen molar-refractivity contribution < 1.29 is 14.3 Å². The van der Waals surface area contributed by atoms with Gasteiger partial charge in [0.25, 0.3) is 5.91 Å². The molecule has 0 saturated carbocycles. The van der Waals surface area contributed by atoms with Gasteiger partial charge in [-0.3, -0.25) is 4.79 Å². The molecular formula is C25H27N3O3. The molecule has 0 spiro atoms. The van der Waals surface area contributed by atoms with Gasteiger partial charge in [-0.15, -0.1) is 0 Å². The number of anilines is 1. The van der Waals surface area contributed by atoms with E-state index >= 15 is 0 Å². The molecule has 31 heavy (non-hydrogen) atoms. The Labute approximate surface area is 182 Å². The van der Waals surface area contributed by atoms with Crippen LogP contribution in [0, 0.1) is 0 Å². The molecule has 1 N–H and O–H groups in total. The summed E-state index contributed by atoms with van der Waals surface area (Å²) >= 11 is 0. The Morgan fingerprint density at radius 2 is 1.74 bits per heavy atom. The number of hydrogen-bond donors (Lipinski definition) is 1. The number of ether oxygens (including phenoxy) is 2. The second-order valence-corrected chi connectivity index (χ2v) is 7.22. The molecule has 0 saturated heterocycles. The van der Waals surface area contributed by atoms with E-state index in [0.29, 0.717) is 31.2 Å². The first kappa shape index (κ1) is 20.7. The zero-order chi connectivity index (χ0) is 21.8. The first-order valence-corrected chi connectivity index (χ1v) is 10.7. The van der Waals surface area contributed by atoms with Gasteiger partial charge in [0, 0.05) is 29.7 Å². The van der Waals surface area contributed by atoms with E-state index in [1.165, 1.54) is 0 Å². The van der Waals surface area contributed by atoms with E-state index in [1.54, 1.807) is 4.90 Å². The summed E-state index contributed by atoms with van der Waals surface area (Å²) in [6.45, 7) is 7.63. The van der Waals surface area contributed by atoms with Crippen molar-refractivity contribution in [3.8, 4) is 11.5 Å². The number of hydrogen-bond acceptors (Lipinski definition) is 5. The van der Waals surface area contributed by atoms with Crippen molar-refractivity contribution >= 4 is 33.9 Å². The zero-order valence-electron chi connectivity index (χ0n) is 18.1. The molecule has 1 amide bonds. The molecule has 1 heterocycles. The SMILES string of the molecule is CCOc1cc(C2=Nc3cccc4cccc(c34)N2)ccc1OCC(=O)N(CC)CC. The quantitative estimate of drug-likeness (QED) is 0.561. The van der Waals surface area contributed by atoms with E-state index in [0.717, 1.165) is 33.5 Å². The van der Waals surface area contributed by atoms with Gasteiger partial charge in [-0.25, -0.2) is 4.99 Å². The van der Waals surface area contributed by atoms with E-state index in [-0.39, 0.29) is 12.5 Å². The van der Waals surface area contributed by atoms with Gasteiger partial charge in [-0.1, -0.05) is 24.3 Å². The third-order valence-electron chi connectivity index (χ3n) is 5.35. The third kappa shape index (κ3) is 4.19. The van der Waals surface area contributed by atoms with E-state index in [4.69, 9.17) is 14.5 Å². The summed E-state index contributed by atoms with van der Waals surface area (Å²) in [5.74, 6) is 1.84. The molecule has 0 fully saturated rings. The lowest BCUT2D eigenvalue weighted by Crippen LogP contribution is -2.34. The number of carbonyl (C=O) groups is 1. The molecule has 1 aliphatic rings. The van der Waals surface area contributed by atoms with E-state index in [9.17, 15) is 4.79 Å². The van der Waals surface area contributed by atoms with E-state index in [1.807, 2.05) is 57.2 Å². The number of amides is 1. The summed E-state index contributed by atoms with van der Waals surface area (Å²) in [7, 11) is 0. The summed E-state index contributed by atoms with van der Waals surface area (Å²) in [6, 6.07) is 18.0. The highest BCUT2D eigenvalue weighted by atomic mass is 16.5. The van der Waals surface area contributed by atoms with Crippen LogP contribution in [-0.4, -0.2) is 42.9 Å². The van der Waals surface area contributed by atoms with Crippen LogP contribution in [0.2, 0.25) is 0 Å². The predicted molar refractivity (Wildman–Crippen MR) is 125 cm³/mol. The van der Waals surface area contributed by atoms with Crippen LogP contribution in [0.3, 0.4) is 0 Å². The second-order valence-electron chi connectivity index (χ2n) is 7.22. The van der Waals surface area contributed by atoms with Crippen LogP contribution in [-0.2, 0) is 4.79 Å². The molecule has 6 heteroatoms. The Morgan fingerprint density at radius 1 is 0.968 bits per heavy atom. The van der Waals surface area contributed by atoms with Gasteiger partial charge >= 0.3 is 0 Å². The van der Waals surface area contributed by atoms with Crippen LogP contribution >= 0.6 is 0 Å². The highest BCUT2D eigenvalue weighted by molar-refractivity contribution is 6.19. The maximum atomic E-state index is 12.3. The number of benzene rings is 3. The maximum Gasteiger partial charge on any atom is 0.260 e. The highest BCUT2D eigenvalue weighted by Crippen LogP contribution is 2.37. The Morgan fingerprint density at radius 3 is 2.48 bits per heavy atom. The van der Waals surface area contributed by atoms with Crippen LogP contribution in [0.15, 0.2) is 59.6 Å². The Bertz CT molecular complexity index is 1130. The average molecular weight is 418 g/mol. The highest BCUT2D eigenvalue weighted by Gasteiger charge is 2.18. The largest absolute Gasteiger partial charge is 0.490 e.